The van der Waals surface area contributed by atoms with Crippen LogP contribution in [-0.4, -0.2) is 27.8 Å². The van der Waals surface area contributed by atoms with Gasteiger partial charge in [-0.05, 0) is 17.7 Å². The summed E-state index contributed by atoms with van der Waals surface area (Å²) in [6, 6.07) is 4.85. The fourth-order valence-corrected chi connectivity index (χ4v) is 1.87. The first-order chi connectivity index (χ1) is 8.31. The van der Waals surface area contributed by atoms with Crippen LogP contribution in [0.5, 0.6) is 5.75 Å². The molecule has 1 N–H and O–H groups in total. The highest BCUT2D eigenvalue weighted by atomic mass is 32.2. The molecule has 0 bridgehead atoms. The van der Waals surface area contributed by atoms with Crippen LogP contribution in [0, 0.1) is 0 Å². The molecule has 0 saturated heterocycles. The van der Waals surface area contributed by atoms with Crippen LogP contribution in [0.2, 0.25) is 0 Å². The highest BCUT2D eigenvalue weighted by Crippen LogP contribution is 2.26. The fourth-order valence-electron chi connectivity index (χ4n) is 1.31. The van der Waals surface area contributed by atoms with E-state index in [4.69, 9.17) is 9.47 Å². The molecule has 100 valence electrons. The van der Waals surface area contributed by atoms with E-state index in [-0.39, 0.29) is 6.61 Å². The van der Waals surface area contributed by atoms with Crippen molar-refractivity contribution in [2.75, 3.05) is 18.1 Å². The molecule has 6 nitrogen and oxygen atoms in total. The molecule has 0 saturated carbocycles. The van der Waals surface area contributed by atoms with Crippen LogP contribution in [-0.2, 0) is 26.2 Å². The third kappa shape index (κ3) is 4.62. The second kappa shape index (κ2) is 5.72. The summed E-state index contributed by atoms with van der Waals surface area (Å²) in [5.41, 5.74) is 0.974. The summed E-state index contributed by atoms with van der Waals surface area (Å²) in [7, 11) is -1.96. The minimum atomic E-state index is -3.40. The molecule has 18 heavy (non-hydrogen) atoms. The van der Waals surface area contributed by atoms with E-state index in [0.29, 0.717) is 17.0 Å². The number of nitrogens with one attached hydrogen (secondary N) is 1. The molecule has 0 aliphatic carbocycles. The molecule has 7 heteroatoms. The molecule has 0 spiro atoms. The Morgan fingerprint density at radius 3 is 2.56 bits per heavy atom. The van der Waals surface area contributed by atoms with Gasteiger partial charge in [-0.15, -0.1) is 0 Å². The highest BCUT2D eigenvalue weighted by Gasteiger charge is 2.09. The highest BCUT2D eigenvalue weighted by molar-refractivity contribution is 7.92. The van der Waals surface area contributed by atoms with E-state index in [1.165, 1.54) is 14.0 Å². The first-order valence-corrected chi connectivity index (χ1v) is 6.99. The van der Waals surface area contributed by atoms with E-state index in [0.717, 1.165) is 6.26 Å². The summed E-state index contributed by atoms with van der Waals surface area (Å²) in [4.78, 5) is 10.7. The van der Waals surface area contributed by atoms with Crippen molar-refractivity contribution >= 4 is 21.7 Å². The number of benzene rings is 1. The fraction of sp³-hybridized carbons (Fsp3) is 0.364. The van der Waals surface area contributed by atoms with Crippen molar-refractivity contribution in [3.05, 3.63) is 23.8 Å². The normalized spacial score (nSPS) is 10.8. The average Bonchev–Trinajstić information content (AvgIpc) is 2.24. The lowest BCUT2D eigenvalue weighted by Crippen LogP contribution is -2.11. The topological polar surface area (TPSA) is 81.7 Å². The molecule has 1 aromatic carbocycles. The quantitative estimate of drug-likeness (QED) is 0.813. The van der Waals surface area contributed by atoms with E-state index in [2.05, 4.69) is 4.72 Å². The van der Waals surface area contributed by atoms with E-state index in [9.17, 15) is 13.2 Å². The molecule has 1 rings (SSSR count). The lowest BCUT2D eigenvalue weighted by Gasteiger charge is -2.11. The Kier molecular flexibility index (Phi) is 4.55. The van der Waals surface area contributed by atoms with E-state index < -0.39 is 16.0 Å². The number of anilines is 1. The van der Waals surface area contributed by atoms with Gasteiger partial charge in [0.1, 0.15) is 12.4 Å². The van der Waals surface area contributed by atoms with Crippen LogP contribution in [0.25, 0.3) is 0 Å². The van der Waals surface area contributed by atoms with E-state index in [1.807, 2.05) is 0 Å². The Balaban J connectivity index is 2.98. The maximum atomic E-state index is 11.2. The number of ether oxygens (including phenoxy) is 2. The number of carbonyl (C=O) groups is 1. The molecule has 0 aromatic heterocycles. The molecule has 0 amide bonds. The van der Waals surface area contributed by atoms with Crippen molar-refractivity contribution in [1.29, 1.82) is 0 Å². The standard InChI is InChI=1S/C11H15NO5S/c1-8(13)17-7-9-4-5-11(16-2)10(6-9)12-18(3,14)15/h4-6,12H,7H2,1-3H3. The minimum Gasteiger partial charge on any atom is -0.495 e. The number of esters is 1. The predicted octanol–water partition coefficient (Wildman–Crippen LogP) is 1.13. The summed E-state index contributed by atoms with van der Waals surface area (Å²) >= 11 is 0. The van der Waals surface area contributed by atoms with Gasteiger partial charge in [0.25, 0.3) is 0 Å². The van der Waals surface area contributed by atoms with Crippen molar-refractivity contribution in [1.82, 2.24) is 0 Å². The van der Waals surface area contributed by atoms with Crippen molar-refractivity contribution in [2.24, 2.45) is 0 Å². The average molecular weight is 273 g/mol. The smallest absolute Gasteiger partial charge is 0.302 e. The summed E-state index contributed by atoms with van der Waals surface area (Å²) in [5.74, 6) is -0.00422. The zero-order valence-corrected chi connectivity index (χ0v) is 11.2. The molecule has 0 aliphatic rings. The van der Waals surface area contributed by atoms with Crippen molar-refractivity contribution in [3.8, 4) is 5.75 Å². The molecule has 0 fully saturated rings. The van der Waals surface area contributed by atoms with Crippen molar-refractivity contribution in [3.63, 3.8) is 0 Å². The number of rotatable bonds is 5. The van der Waals surface area contributed by atoms with Crippen LogP contribution in [0.15, 0.2) is 18.2 Å². The summed E-state index contributed by atoms with van der Waals surface area (Å²) in [5, 5.41) is 0. The van der Waals surface area contributed by atoms with Gasteiger partial charge >= 0.3 is 5.97 Å². The lowest BCUT2D eigenvalue weighted by atomic mass is 10.2. The summed E-state index contributed by atoms with van der Waals surface area (Å²) in [6.07, 6.45) is 1.05. The van der Waals surface area contributed by atoms with Gasteiger partial charge in [0, 0.05) is 6.92 Å². The van der Waals surface area contributed by atoms with Gasteiger partial charge in [-0.2, -0.15) is 0 Å². The molecular formula is C11H15NO5S. The largest absolute Gasteiger partial charge is 0.495 e. The van der Waals surface area contributed by atoms with Gasteiger partial charge in [0.15, 0.2) is 0 Å². The number of methoxy groups -OCH3 is 1. The van der Waals surface area contributed by atoms with Gasteiger partial charge < -0.3 is 9.47 Å². The number of carbonyl (C=O) groups excluding carboxylic acids is 1. The lowest BCUT2D eigenvalue weighted by molar-refractivity contribution is -0.142. The molecule has 0 radical (unpaired) electrons. The van der Waals surface area contributed by atoms with Crippen LogP contribution in [0.3, 0.4) is 0 Å². The van der Waals surface area contributed by atoms with Crippen LogP contribution in [0.1, 0.15) is 12.5 Å². The predicted molar refractivity (Wildman–Crippen MR) is 66.9 cm³/mol. The zero-order valence-electron chi connectivity index (χ0n) is 10.4. The van der Waals surface area contributed by atoms with E-state index >= 15 is 0 Å². The zero-order chi connectivity index (χ0) is 13.8. The molecule has 0 unspecified atom stereocenters. The maximum absolute atomic E-state index is 11.2. The Morgan fingerprint density at radius 1 is 1.39 bits per heavy atom. The Bertz CT molecular complexity index is 538. The Labute approximate surface area is 106 Å². The third-order valence-corrected chi connectivity index (χ3v) is 2.59. The van der Waals surface area contributed by atoms with Crippen LogP contribution >= 0.6 is 0 Å². The number of hydrogen-bond acceptors (Lipinski definition) is 5. The second-order valence-corrected chi connectivity index (χ2v) is 5.44. The van der Waals surface area contributed by atoms with Crippen molar-refractivity contribution < 1.29 is 22.7 Å². The first-order valence-electron chi connectivity index (χ1n) is 5.10. The molecule has 0 heterocycles. The van der Waals surface area contributed by atoms with Crippen molar-refractivity contribution in [2.45, 2.75) is 13.5 Å². The van der Waals surface area contributed by atoms with Gasteiger partial charge in [-0.25, -0.2) is 8.42 Å². The molecule has 0 aliphatic heterocycles. The Morgan fingerprint density at radius 2 is 2.06 bits per heavy atom. The van der Waals surface area contributed by atoms with Crippen LogP contribution in [0.4, 0.5) is 5.69 Å². The number of sulfonamides is 1. The summed E-state index contributed by atoms with van der Waals surface area (Å²) in [6.45, 7) is 1.39. The summed E-state index contributed by atoms with van der Waals surface area (Å²) < 4.78 is 34.6. The molecule has 1 aromatic rings. The first kappa shape index (κ1) is 14.3. The van der Waals surface area contributed by atoms with Gasteiger partial charge in [0.05, 0.1) is 19.1 Å². The van der Waals surface area contributed by atoms with Crippen LogP contribution < -0.4 is 9.46 Å². The van der Waals surface area contributed by atoms with Gasteiger partial charge in [0.2, 0.25) is 10.0 Å². The van der Waals surface area contributed by atoms with Gasteiger partial charge in [-0.1, -0.05) is 6.07 Å². The monoisotopic (exact) mass is 273 g/mol. The number of hydrogen-bond donors (Lipinski definition) is 1. The molecular weight excluding hydrogens is 258 g/mol. The second-order valence-electron chi connectivity index (χ2n) is 3.69. The third-order valence-electron chi connectivity index (χ3n) is 2.00. The maximum Gasteiger partial charge on any atom is 0.302 e. The Hall–Kier alpha value is -1.76. The van der Waals surface area contributed by atoms with Gasteiger partial charge in [-0.3, -0.25) is 9.52 Å². The molecule has 0 atom stereocenters. The SMILES string of the molecule is COc1ccc(COC(C)=O)cc1NS(C)(=O)=O. The van der Waals surface area contributed by atoms with E-state index in [1.54, 1.807) is 18.2 Å². The minimum absolute atomic E-state index is 0.0811.